The lowest BCUT2D eigenvalue weighted by atomic mass is 9.99. The first-order valence-electron chi connectivity index (χ1n) is 10.4. The maximum atomic E-state index is 13.8. The van der Waals surface area contributed by atoms with Gasteiger partial charge in [-0.25, -0.2) is 19.2 Å². The minimum Gasteiger partial charge on any atom is -0.348 e. The fourth-order valence-corrected chi connectivity index (χ4v) is 4.38. The Hall–Kier alpha value is -4.27. The van der Waals surface area contributed by atoms with Gasteiger partial charge in [-0.1, -0.05) is 12.1 Å². The van der Waals surface area contributed by atoms with E-state index in [0.717, 1.165) is 28.2 Å². The van der Waals surface area contributed by atoms with E-state index < -0.39 is 6.04 Å². The Kier molecular flexibility index (Phi) is 4.14. The van der Waals surface area contributed by atoms with Crippen molar-refractivity contribution in [3.8, 4) is 5.82 Å². The number of aromatic amines is 1. The quantitative estimate of drug-likeness (QED) is 0.480. The number of nitrogens with one attached hydrogen (secondary N) is 1. The number of nitrogens with zero attached hydrogens (tertiary/aromatic N) is 7. The van der Waals surface area contributed by atoms with Crippen LogP contribution in [0.1, 0.15) is 39.2 Å². The van der Waals surface area contributed by atoms with Crippen molar-refractivity contribution in [3.05, 3.63) is 95.7 Å². The van der Waals surface area contributed by atoms with Crippen molar-refractivity contribution >= 4 is 11.4 Å². The summed E-state index contributed by atoms with van der Waals surface area (Å²) in [6.07, 6.45) is 7.61. The van der Waals surface area contributed by atoms with Crippen molar-refractivity contribution in [3.63, 3.8) is 0 Å². The summed E-state index contributed by atoms with van der Waals surface area (Å²) < 4.78 is 3.43. The number of H-pyrrole nitrogens is 1. The molecule has 1 N–H and O–H groups in total. The highest BCUT2D eigenvalue weighted by Gasteiger charge is 2.37. The molecule has 0 saturated heterocycles. The predicted molar refractivity (Wildman–Crippen MR) is 116 cm³/mol. The first-order chi connectivity index (χ1) is 15.7. The number of fused-ring (bicyclic) bond motifs is 2. The van der Waals surface area contributed by atoms with Crippen LogP contribution in [0.2, 0.25) is 0 Å². The first kappa shape index (κ1) is 18.5. The molecule has 0 bridgehead atoms. The molecular formula is C23H20N8O. The van der Waals surface area contributed by atoms with Crippen LogP contribution in [0.5, 0.6) is 0 Å². The molecule has 0 fully saturated rings. The number of hydrogen-bond acceptors (Lipinski definition) is 5. The van der Waals surface area contributed by atoms with Gasteiger partial charge < -0.3 is 9.88 Å². The first-order valence-corrected chi connectivity index (χ1v) is 10.4. The number of pyridine rings is 2. The Morgan fingerprint density at radius 2 is 2.06 bits per heavy atom. The van der Waals surface area contributed by atoms with Crippen molar-refractivity contribution in [1.82, 2.24) is 39.2 Å². The molecule has 9 heteroatoms. The molecule has 0 saturated carbocycles. The van der Waals surface area contributed by atoms with Crippen LogP contribution in [0.15, 0.2) is 67.4 Å². The molecule has 9 nitrogen and oxygen atoms in total. The Morgan fingerprint density at radius 1 is 1.12 bits per heavy atom. The number of amides is 1. The SMILES string of the molecule is Cc1cccn2nc([C@H]3c4nc[nH]c4CCN3C(=O)c3ccnn3-c3ccccn3)cc12. The zero-order valence-electron chi connectivity index (χ0n) is 17.4. The van der Waals surface area contributed by atoms with Crippen molar-refractivity contribution in [2.45, 2.75) is 19.4 Å². The maximum Gasteiger partial charge on any atom is 0.273 e. The second-order valence-electron chi connectivity index (χ2n) is 7.82. The summed E-state index contributed by atoms with van der Waals surface area (Å²) in [5.74, 6) is 0.457. The summed E-state index contributed by atoms with van der Waals surface area (Å²) in [7, 11) is 0. The average molecular weight is 424 g/mol. The van der Waals surface area contributed by atoms with Crippen LogP contribution < -0.4 is 0 Å². The number of hydrogen-bond donors (Lipinski definition) is 1. The maximum absolute atomic E-state index is 13.8. The zero-order chi connectivity index (χ0) is 21.7. The molecule has 1 amide bonds. The van der Waals surface area contributed by atoms with Crippen LogP contribution in [0, 0.1) is 6.92 Å². The number of rotatable bonds is 3. The van der Waals surface area contributed by atoms with Gasteiger partial charge in [0.05, 0.1) is 29.4 Å². The summed E-state index contributed by atoms with van der Waals surface area (Å²) >= 11 is 0. The summed E-state index contributed by atoms with van der Waals surface area (Å²) in [4.78, 5) is 27.8. The van der Waals surface area contributed by atoms with Gasteiger partial charge in [0.2, 0.25) is 0 Å². The molecule has 158 valence electrons. The van der Waals surface area contributed by atoms with E-state index in [-0.39, 0.29) is 5.91 Å². The summed E-state index contributed by atoms with van der Waals surface area (Å²) in [5.41, 5.74) is 5.23. The van der Waals surface area contributed by atoms with Crippen LogP contribution in [0.4, 0.5) is 0 Å². The van der Waals surface area contributed by atoms with Gasteiger partial charge in [-0.3, -0.25) is 4.79 Å². The number of carbonyl (C=O) groups excluding carboxylic acids is 1. The summed E-state index contributed by atoms with van der Waals surface area (Å²) in [5, 5.41) is 9.15. The minimum absolute atomic E-state index is 0.138. The number of aryl methyl sites for hydroxylation is 1. The Labute approximate surface area is 183 Å². The largest absolute Gasteiger partial charge is 0.348 e. The Morgan fingerprint density at radius 3 is 2.91 bits per heavy atom. The highest BCUT2D eigenvalue weighted by molar-refractivity contribution is 5.93. The highest BCUT2D eigenvalue weighted by atomic mass is 16.2. The third kappa shape index (κ3) is 2.82. The van der Waals surface area contributed by atoms with E-state index in [9.17, 15) is 4.79 Å². The normalized spacial score (nSPS) is 15.8. The van der Waals surface area contributed by atoms with E-state index in [0.29, 0.717) is 24.5 Å². The van der Waals surface area contributed by atoms with E-state index in [1.54, 1.807) is 29.5 Å². The van der Waals surface area contributed by atoms with Crippen LogP contribution >= 0.6 is 0 Å². The standard InChI is InChI=1S/C23H20N8O/c1-15-5-4-11-30-19(15)13-17(28-30)22-21-16(25-14-26-21)8-12-29(22)23(32)18-7-10-27-31(18)20-6-2-3-9-24-20/h2-7,9-11,13-14,22H,8,12H2,1H3,(H,25,26)/t22-/m0/s1. The van der Waals surface area contributed by atoms with Crippen LogP contribution in [-0.2, 0) is 6.42 Å². The molecule has 0 aromatic carbocycles. The number of aromatic nitrogens is 7. The third-order valence-electron chi connectivity index (χ3n) is 5.93. The molecular weight excluding hydrogens is 404 g/mol. The molecule has 5 aromatic heterocycles. The fourth-order valence-electron chi connectivity index (χ4n) is 4.38. The van der Waals surface area contributed by atoms with Gasteiger partial charge in [0.1, 0.15) is 11.7 Å². The van der Waals surface area contributed by atoms with Gasteiger partial charge in [-0.05, 0) is 42.8 Å². The second-order valence-corrected chi connectivity index (χ2v) is 7.82. The van der Waals surface area contributed by atoms with E-state index in [2.05, 4.69) is 33.0 Å². The van der Waals surface area contributed by atoms with Gasteiger partial charge in [0, 0.05) is 31.1 Å². The molecule has 1 aliphatic rings. The molecule has 0 radical (unpaired) electrons. The highest BCUT2D eigenvalue weighted by Crippen LogP contribution is 2.34. The molecule has 1 atom stereocenters. The molecule has 5 aromatic rings. The van der Waals surface area contributed by atoms with Gasteiger partial charge in [0.25, 0.3) is 5.91 Å². The fraction of sp³-hybridized carbons (Fsp3) is 0.174. The second kappa shape index (κ2) is 7.16. The van der Waals surface area contributed by atoms with Crippen LogP contribution in [0.25, 0.3) is 11.3 Å². The van der Waals surface area contributed by atoms with Crippen LogP contribution in [0.3, 0.4) is 0 Å². The van der Waals surface area contributed by atoms with Gasteiger partial charge >= 0.3 is 0 Å². The van der Waals surface area contributed by atoms with E-state index >= 15 is 0 Å². The lowest BCUT2D eigenvalue weighted by molar-refractivity contribution is 0.0677. The third-order valence-corrected chi connectivity index (χ3v) is 5.93. The number of imidazole rings is 1. The zero-order valence-corrected chi connectivity index (χ0v) is 17.4. The van der Waals surface area contributed by atoms with Gasteiger partial charge in [-0.2, -0.15) is 10.2 Å². The van der Waals surface area contributed by atoms with Gasteiger partial charge in [-0.15, -0.1) is 0 Å². The Balaban J connectivity index is 1.46. The van der Waals surface area contributed by atoms with Crippen molar-refractivity contribution < 1.29 is 4.79 Å². The summed E-state index contributed by atoms with van der Waals surface area (Å²) in [6, 6.07) is 12.9. The molecule has 6 rings (SSSR count). The van der Waals surface area contributed by atoms with Crippen LogP contribution in [-0.4, -0.2) is 51.7 Å². The van der Waals surface area contributed by atoms with E-state index in [1.165, 1.54) is 0 Å². The van der Waals surface area contributed by atoms with Crippen molar-refractivity contribution in [1.29, 1.82) is 0 Å². The monoisotopic (exact) mass is 424 g/mol. The van der Waals surface area contributed by atoms with Crippen molar-refractivity contribution in [2.75, 3.05) is 6.54 Å². The molecule has 0 unspecified atom stereocenters. The molecule has 1 aliphatic heterocycles. The number of carbonyl (C=O) groups is 1. The molecule has 0 spiro atoms. The lowest BCUT2D eigenvalue weighted by Gasteiger charge is -2.33. The molecule has 0 aliphatic carbocycles. The van der Waals surface area contributed by atoms with E-state index in [4.69, 9.17) is 5.10 Å². The summed E-state index contributed by atoms with van der Waals surface area (Å²) in [6.45, 7) is 2.59. The average Bonchev–Trinajstić information content (AvgIpc) is 3.58. The van der Waals surface area contributed by atoms with E-state index in [1.807, 2.05) is 45.9 Å². The van der Waals surface area contributed by atoms with Gasteiger partial charge in [0.15, 0.2) is 5.82 Å². The Bertz CT molecular complexity index is 1430. The smallest absolute Gasteiger partial charge is 0.273 e. The minimum atomic E-state index is -0.399. The molecule has 32 heavy (non-hydrogen) atoms. The topological polar surface area (TPSA) is 97.0 Å². The lowest BCUT2D eigenvalue weighted by Crippen LogP contribution is -2.41. The predicted octanol–water partition coefficient (Wildman–Crippen LogP) is 2.73. The van der Waals surface area contributed by atoms with Crippen molar-refractivity contribution in [2.24, 2.45) is 0 Å². The molecule has 6 heterocycles.